The molecule has 2 aromatic rings. The van der Waals surface area contributed by atoms with Crippen LogP contribution in [-0.2, 0) is 4.57 Å². The van der Waals surface area contributed by atoms with Crippen LogP contribution in [0.4, 0.5) is 0 Å². The maximum atomic E-state index is 14.4. The van der Waals surface area contributed by atoms with E-state index in [4.69, 9.17) is 33.5 Å². The average Bonchev–Trinajstić information content (AvgIpc) is 2.96. The zero-order chi connectivity index (χ0) is 24.1. The van der Waals surface area contributed by atoms with E-state index in [1.165, 1.54) is 4.67 Å². The van der Waals surface area contributed by atoms with E-state index in [0.717, 1.165) is 0 Å². The summed E-state index contributed by atoms with van der Waals surface area (Å²) in [4.78, 5) is 2.80. The standard InChI is InChI=1S/C24H30N3O3PS2/c1-22(2)16-24(17-23(3,4)26(22)5)20(32)27(21(33)25-24)31(28,29-18-12-8-6-9-13-18)30-19-14-10-7-11-15-19/h6-15H,16-17H2,1-5H3,(H,25,33). The number of thiocarbonyl (C=S) groups is 2. The molecule has 0 bridgehead atoms. The van der Waals surface area contributed by atoms with Crippen LogP contribution in [0.2, 0.25) is 0 Å². The first-order valence-electron chi connectivity index (χ1n) is 10.9. The van der Waals surface area contributed by atoms with Crippen molar-refractivity contribution in [2.24, 2.45) is 0 Å². The molecule has 0 radical (unpaired) electrons. The number of rotatable bonds is 5. The highest BCUT2D eigenvalue weighted by Gasteiger charge is 2.61. The van der Waals surface area contributed by atoms with E-state index < -0.39 is 13.3 Å². The van der Waals surface area contributed by atoms with E-state index in [9.17, 15) is 4.57 Å². The Morgan fingerprint density at radius 3 is 1.70 bits per heavy atom. The van der Waals surface area contributed by atoms with E-state index in [2.05, 4.69) is 45.0 Å². The molecule has 4 rings (SSSR count). The van der Waals surface area contributed by atoms with E-state index in [1.807, 2.05) is 36.4 Å². The molecule has 176 valence electrons. The normalized spacial score (nSPS) is 21.7. The Morgan fingerprint density at radius 2 is 1.27 bits per heavy atom. The first-order chi connectivity index (χ1) is 15.4. The first-order valence-corrected chi connectivity index (χ1v) is 13.2. The number of nitrogens with one attached hydrogen (secondary N) is 1. The van der Waals surface area contributed by atoms with Gasteiger partial charge in [-0.15, -0.1) is 0 Å². The zero-order valence-electron chi connectivity index (χ0n) is 19.6. The van der Waals surface area contributed by atoms with Crippen LogP contribution in [0.25, 0.3) is 0 Å². The summed E-state index contributed by atoms with van der Waals surface area (Å²) in [5, 5.41) is 3.69. The Kier molecular flexibility index (Phi) is 6.11. The third-order valence-electron chi connectivity index (χ3n) is 6.60. The van der Waals surface area contributed by atoms with E-state index in [1.54, 1.807) is 24.3 Å². The summed E-state index contributed by atoms with van der Waals surface area (Å²) in [7, 11) is -1.91. The van der Waals surface area contributed by atoms with Gasteiger partial charge in [-0.2, -0.15) is 4.67 Å². The molecule has 33 heavy (non-hydrogen) atoms. The molecule has 2 aliphatic rings. The molecule has 2 saturated heterocycles. The summed E-state index contributed by atoms with van der Waals surface area (Å²) in [6, 6.07) is 17.9. The molecule has 2 aromatic carbocycles. The van der Waals surface area contributed by atoms with Crippen LogP contribution >= 0.6 is 32.2 Å². The van der Waals surface area contributed by atoms with Gasteiger partial charge in [0.25, 0.3) is 0 Å². The Bertz CT molecular complexity index is 1040. The second-order valence-electron chi connectivity index (χ2n) is 9.94. The number of hydrogen-bond acceptors (Lipinski definition) is 6. The van der Waals surface area contributed by atoms with Gasteiger partial charge in [0.15, 0.2) is 5.11 Å². The monoisotopic (exact) mass is 503 g/mol. The Labute approximate surface area is 206 Å². The minimum Gasteiger partial charge on any atom is -0.400 e. The molecule has 1 spiro atoms. The van der Waals surface area contributed by atoms with Gasteiger partial charge in [0.1, 0.15) is 16.5 Å². The lowest BCUT2D eigenvalue weighted by Gasteiger charge is -2.57. The number of likely N-dealkylation sites (tertiary alicyclic amines) is 1. The highest BCUT2D eigenvalue weighted by atomic mass is 32.1. The molecular formula is C24H30N3O3PS2. The number of nitrogens with zero attached hydrogens (tertiary/aromatic N) is 2. The van der Waals surface area contributed by atoms with Gasteiger partial charge in [-0.05, 0) is 84.1 Å². The molecule has 2 heterocycles. The van der Waals surface area contributed by atoms with Crippen LogP contribution in [-0.4, -0.2) is 43.3 Å². The third kappa shape index (κ3) is 4.42. The minimum atomic E-state index is -4.04. The lowest BCUT2D eigenvalue weighted by Crippen LogP contribution is -2.68. The molecule has 2 fully saturated rings. The molecule has 0 amide bonds. The van der Waals surface area contributed by atoms with Gasteiger partial charge in [0.05, 0.1) is 5.54 Å². The fraction of sp³-hybridized carbons (Fsp3) is 0.417. The van der Waals surface area contributed by atoms with Crippen molar-refractivity contribution in [2.45, 2.75) is 57.2 Å². The van der Waals surface area contributed by atoms with Gasteiger partial charge in [-0.1, -0.05) is 48.6 Å². The maximum absolute atomic E-state index is 14.4. The van der Waals surface area contributed by atoms with Gasteiger partial charge in [0.2, 0.25) is 0 Å². The summed E-state index contributed by atoms with van der Waals surface area (Å²) in [5.41, 5.74) is -0.980. The molecule has 0 atom stereocenters. The Morgan fingerprint density at radius 1 is 0.848 bits per heavy atom. The number of para-hydroxylation sites is 2. The highest BCUT2D eigenvalue weighted by molar-refractivity contribution is 7.83. The van der Waals surface area contributed by atoms with E-state index in [-0.39, 0.29) is 16.2 Å². The van der Waals surface area contributed by atoms with Crippen molar-refractivity contribution in [3.8, 4) is 11.5 Å². The van der Waals surface area contributed by atoms with Crippen LogP contribution in [0.5, 0.6) is 11.5 Å². The number of benzene rings is 2. The zero-order valence-corrected chi connectivity index (χ0v) is 22.1. The fourth-order valence-electron chi connectivity index (χ4n) is 4.99. The van der Waals surface area contributed by atoms with Crippen molar-refractivity contribution in [1.29, 1.82) is 0 Å². The minimum absolute atomic E-state index is 0.172. The number of piperidine rings is 1. The van der Waals surface area contributed by atoms with Crippen LogP contribution in [0.15, 0.2) is 60.7 Å². The van der Waals surface area contributed by atoms with Crippen molar-refractivity contribution in [3.63, 3.8) is 0 Å². The van der Waals surface area contributed by atoms with Crippen molar-refractivity contribution in [1.82, 2.24) is 14.9 Å². The summed E-state index contributed by atoms with van der Waals surface area (Å²) in [6.45, 7) is 8.75. The van der Waals surface area contributed by atoms with Crippen molar-refractivity contribution >= 4 is 42.3 Å². The molecule has 9 heteroatoms. The van der Waals surface area contributed by atoms with Gasteiger partial charge in [-0.25, -0.2) is 4.57 Å². The SMILES string of the molecule is CN1C(C)(C)CC2(CC1(C)C)NC(=S)N(P(=O)(Oc1ccccc1)Oc1ccccc1)C2=S. The summed E-state index contributed by atoms with van der Waals surface area (Å²) >= 11 is 11.7. The molecule has 1 N–H and O–H groups in total. The third-order valence-corrected chi connectivity index (χ3v) is 9.50. The Balaban J connectivity index is 1.75. The first kappa shape index (κ1) is 24.1. The maximum Gasteiger partial charge on any atom is 0.551 e. The predicted molar refractivity (Wildman–Crippen MR) is 140 cm³/mol. The van der Waals surface area contributed by atoms with Crippen molar-refractivity contribution < 1.29 is 13.6 Å². The predicted octanol–water partition coefficient (Wildman–Crippen LogP) is 5.79. The molecule has 0 aliphatic carbocycles. The molecule has 6 nitrogen and oxygen atoms in total. The van der Waals surface area contributed by atoms with E-state index >= 15 is 0 Å². The fourth-order valence-corrected chi connectivity index (χ4v) is 7.89. The van der Waals surface area contributed by atoms with Crippen LogP contribution < -0.4 is 14.4 Å². The average molecular weight is 504 g/mol. The van der Waals surface area contributed by atoms with Gasteiger partial charge >= 0.3 is 7.75 Å². The lowest BCUT2D eigenvalue weighted by molar-refractivity contribution is -0.0266. The molecule has 0 aromatic heterocycles. The topological polar surface area (TPSA) is 54.0 Å². The largest absolute Gasteiger partial charge is 0.551 e. The number of hydrogen-bond donors (Lipinski definition) is 1. The van der Waals surface area contributed by atoms with Gasteiger partial charge in [0, 0.05) is 11.1 Å². The lowest BCUT2D eigenvalue weighted by atomic mass is 9.69. The molecule has 0 saturated carbocycles. The molecular weight excluding hydrogens is 473 g/mol. The summed E-state index contributed by atoms with van der Waals surface area (Å²) in [5.74, 6) is 0.819. The van der Waals surface area contributed by atoms with Crippen LogP contribution in [0.1, 0.15) is 40.5 Å². The Hall–Kier alpha value is -1.99. The second-order valence-corrected chi connectivity index (χ2v) is 12.4. The van der Waals surface area contributed by atoms with Crippen LogP contribution in [0, 0.1) is 0 Å². The summed E-state index contributed by atoms with van der Waals surface area (Å²) < 4.78 is 27.9. The summed E-state index contributed by atoms with van der Waals surface area (Å²) in [6.07, 6.45) is 1.40. The molecule has 2 aliphatic heterocycles. The van der Waals surface area contributed by atoms with Crippen molar-refractivity contribution in [2.75, 3.05) is 7.05 Å². The van der Waals surface area contributed by atoms with E-state index in [0.29, 0.717) is 29.3 Å². The quantitative estimate of drug-likeness (QED) is 0.406. The van der Waals surface area contributed by atoms with Gasteiger partial charge < -0.3 is 14.4 Å². The smallest absolute Gasteiger partial charge is 0.400 e. The molecule has 0 unspecified atom stereocenters. The van der Waals surface area contributed by atoms with Crippen molar-refractivity contribution in [3.05, 3.63) is 60.7 Å². The van der Waals surface area contributed by atoms with Gasteiger partial charge in [-0.3, -0.25) is 4.90 Å². The highest BCUT2D eigenvalue weighted by Crippen LogP contribution is 2.57. The second kappa shape index (κ2) is 8.35. The van der Waals surface area contributed by atoms with Crippen LogP contribution in [0.3, 0.4) is 0 Å².